The monoisotopic (exact) mass is 286 g/mol. The van der Waals surface area contributed by atoms with Crippen molar-refractivity contribution in [3.63, 3.8) is 0 Å². The molecule has 1 amide bonds. The van der Waals surface area contributed by atoms with E-state index >= 15 is 0 Å². The van der Waals surface area contributed by atoms with Crippen molar-refractivity contribution in [2.45, 2.75) is 19.1 Å². The quantitative estimate of drug-likeness (QED) is 0.289. The van der Waals surface area contributed by atoms with Gasteiger partial charge >= 0.3 is 0 Å². The molecule has 2 aliphatic rings. The van der Waals surface area contributed by atoms with Crippen molar-refractivity contribution in [1.29, 1.82) is 0 Å². The highest BCUT2D eigenvalue weighted by atomic mass is 16.6. The number of rotatable bonds is 3. The fourth-order valence-corrected chi connectivity index (χ4v) is 2.43. The highest BCUT2D eigenvalue weighted by molar-refractivity contribution is 5.85. The zero-order chi connectivity index (χ0) is 14.5. The van der Waals surface area contributed by atoms with Crippen molar-refractivity contribution in [1.82, 2.24) is 9.80 Å². The summed E-state index contributed by atoms with van der Waals surface area (Å²) in [7, 11) is 0. The number of oxime groups is 1. The van der Waals surface area contributed by atoms with Crippen LogP contribution in [0.4, 0.5) is 0 Å². The van der Waals surface area contributed by atoms with Crippen LogP contribution < -0.4 is 5.73 Å². The van der Waals surface area contributed by atoms with Crippen LogP contribution >= 0.6 is 0 Å². The van der Waals surface area contributed by atoms with Gasteiger partial charge in [-0.15, -0.1) is 0 Å². The average Bonchev–Trinajstić information content (AvgIpc) is 2.53. The normalized spacial score (nSPS) is 27.4. The first kappa shape index (κ1) is 15.0. The molecule has 3 N–H and O–H groups in total. The minimum Gasteiger partial charge on any atom is -0.409 e. The minimum atomic E-state index is -0.475. The molecule has 20 heavy (non-hydrogen) atoms. The predicted octanol–water partition coefficient (Wildman–Crippen LogP) is -1.32. The van der Waals surface area contributed by atoms with Gasteiger partial charge in [-0.25, -0.2) is 0 Å². The van der Waals surface area contributed by atoms with Gasteiger partial charge in [0.2, 0.25) is 0 Å². The summed E-state index contributed by atoms with van der Waals surface area (Å²) in [6.45, 7) is 5.84. The molecule has 2 unspecified atom stereocenters. The van der Waals surface area contributed by atoms with Gasteiger partial charge < -0.3 is 25.3 Å². The highest BCUT2D eigenvalue weighted by Crippen LogP contribution is 2.11. The molecule has 8 heteroatoms. The smallest absolute Gasteiger partial charge is 0.254 e. The molecular weight excluding hydrogens is 264 g/mol. The predicted molar refractivity (Wildman–Crippen MR) is 71.6 cm³/mol. The number of hydrogen-bond donors (Lipinski definition) is 2. The number of hydrogen-bond acceptors (Lipinski definition) is 6. The van der Waals surface area contributed by atoms with E-state index in [2.05, 4.69) is 10.1 Å². The lowest BCUT2D eigenvalue weighted by Crippen LogP contribution is -2.56. The highest BCUT2D eigenvalue weighted by Gasteiger charge is 2.31. The maximum absolute atomic E-state index is 12.2. The number of amidine groups is 1. The molecule has 2 rings (SSSR count). The Balaban J connectivity index is 1.83. The van der Waals surface area contributed by atoms with Crippen LogP contribution in [0.2, 0.25) is 0 Å². The summed E-state index contributed by atoms with van der Waals surface area (Å²) in [5.41, 5.74) is 5.60. The number of amides is 1. The van der Waals surface area contributed by atoms with E-state index in [4.69, 9.17) is 20.4 Å². The summed E-state index contributed by atoms with van der Waals surface area (Å²) in [5.74, 6) is 0.176. The standard InChI is InChI=1S/C12H22N4O4/c1-9(11(13)14-18)15-2-4-16(5-3-15)12(17)10-8-19-6-7-20-10/h9-10,18H,2-8H2,1H3,(H2,13,14). The van der Waals surface area contributed by atoms with E-state index in [1.54, 1.807) is 4.90 Å². The molecule has 2 fully saturated rings. The van der Waals surface area contributed by atoms with Crippen LogP contribution in [0.25, 0.3) is 0 Å². The summed E-state index contributed by atoms with van der Waals surface area (Å²) in [5, 5.41) is 11.7. The maximum atomic E-state index is 12.2. The molecule has 0 spiro atoms. The van der Waals surface area contributed by atoms with Crippen LogP contribution in [0.1, 0.15) is 6.92 Å². The second-order valence-electron chi connectivity index (χ2n) is 5.00. The molecule has 0 aromatic heterocycles. The summed E-state index contributed by atoms with van der Waals surface area (Å²) < 4.78 is 10.7. The number of piperazine rings is 1. The number of nitrogens with two attached hydrogens (primary N) is 1. The lowest BCUT2D eigenvalue weighted by Gasteiger charge is -2.39. The van der Waals surface area contributed by atoms with E-state index in [1.165, 1.54) is 0 Å². The largest absolute Gasteiger partial charge is 0.409 e. The summed E-state index contributed by atoms with van der Waals surface area (Å²) >= 11 is 0. The fourth-order valence-electron chi connectivity index (χ4n) is 2.43. The number of nitrogens with zero attached hydrogens (tertiary/aromatic N) is 3. The van der Waals surface area contributed by atoms with Crippen LogP contribution in [0.3, 0.4) is 0 Å². The van der Waals surface area contributed by atoms with Gasteiger partial charge in [0.15, 0.2) is 11.9 Å². The molecule has 8 nitrogen and oxygen atoms in total. The van der Waals surface area contributed by atoms with Crippen LogP contribution in [0.15, 0.2) is 5.16 Å². The molecule has 0 radical (unpaired) electrons. The van der Waals surface area contributed by atoms with E-state index in [-0.39, 0.29) is 17.8 Å². The van der Waals surface area contributed by atoms with Crippen molar-refractivity contribution in [3.8, 4) is 0 Å². The first-order valence-electron chi connectivity index (χ1n) is 6.83. The van der Waals surface area contributed by atoms with E-state index < -0.39 is 6.10 Å². The van der Waals surface area contributed by atoms with Crippen molar-refractivity contribution in [2.75, 3.05) is 46.0 Å². The zero-order valence-electron chi connectivity index (χ0n) is 11.7. The van der Waals surface area contributed by atoms with Crippen LogP contribution in [0.5, 0.6) is 0 Å². The Morgan fingerprint density at radius 3 is 2.60 bits per heavy atom. The van der Waals surface area contributed by atoms with Gasteiger partial charge in [-0.05, 0) is 6.92 Å². The average molecular weight is 286 g/mol. The van der Waals surface area contributed by atoms with Gasteiger partial charge in [-0.3, -0.25) is 9.69 Å². The van der Waals surface area contributed by atoms with Crippen LogP contribution in [-0.2, 0) is 14.3 Å². The molecule has 0 bridgehead atoms. The Kier molecular flexibility index (Phi) is 5.16. The van der Waals surface area contributed by atoms with E-state index in [9.17, 15) is 4.79 Å². The maximum Gasteiger partial charge on any atom is 0.254 e. The first-order chi connectivity index (χ1) is 9.63. The van der Waals surface area contributed by atoms with Crippen LogP contribution in [0, 0.1) is 0 Å². The Labute approximate surface area is 118 Å². The Morgan fingerprint density at radius 1 is 1.35 bits per heavy atom. The minimum absolute atomic E-state index is 0.0131. The van der Waals surface area contributed by atoms with Gasteiger partial charge in [-0.2, -0.15) is 0 Å². The Hall–Kier alpha value is -1.38. The Morgan fingerprint density at radius 2 is 2.05 bits per heavy atom. The van der Waals surface area contributed by atoms with Crippen molar-refractivity contribution < 1.29 is 19.5 Å². The topological polar surface area (TPSA) is 101 Å². The SMILES string of the molecule is CC(C(N)=NO)N1CCN(C(=O)C2COCCO2)CC1. The number of carbonyl (C=O) groups excluding carboxylic acids is 1. The fraction of sp³-hybridized carbons (Fsp3) is 0.833. The first-order valence-corrected chi connectivity index (χ1v) is 6.83. The van der Waals surface area contributed by atoms with Gasteiger partial charge in [0, 0.05) is 26.2 Å². The molecule has 2 saturated heterocycles. The number of ether oxygens (including phenoxy) is 2. The van der Waals surface area contributed by atoms with Crippen molar-refractivity contribution >= 4 is 11.7 Å². The van der Waals surface area contributed by atoms with Crippen LogP contribution in [-0.4, -0.2) is 84.9 Å². The third-order valence-corrected chi connectivity index (χ3v) is 3.81. The third-order valence-electron chi connectivity index (χ3n) is 3.81. The van der Waals surface area contributed by atoms with Gasteiger partial charge in [0.1, 0.15) is 0 Å². The lowest BCUT2D eigenvalue weighted by atomic mass is 10.2. The van der Waals surface area contributed by atoms with Gasteiger partial charge in [0.05, 0.1) is 25.9 Å². The third kappa shape index (κ3) is 3.38. The molecule has 0 aromatic rings. The van der Waals surface area contributed by atoms with Gasteiger partial charge in [-0.1, -0.05) is 5.16 Å². The second-order valence-corrected chi connectivity index (χ2v) is 5.00. The molecular formula is C12H22N4O4. The second kappa shape index (κ2) is 6.87. The summed E-state index contributed by atoms with van der Waals surface area (Å²) in [4.78, 5) is 16.1. The van der Waals surface area contributed by atoms with Gasteiger partial charge in [0.25, 0.3) is 5.91 Å². The van der Waals surface area contributed by atoms with E-state index in [0.717, 1.165) is 0 Å². The molecule has 0 saturated carbocycles. The summed E-state index contributed by atoms with van der Waals surface area (Å²) in [6, 6.07) is -0.133. The van der Waals surface area contributed by atoms with Crippen molar-refractivity contribution in [2.24, 2.45) is 10.9 Å². The lowest BCUT2D eigenvalue weighted by molar-refractivity contribution is -0.159. The summed E-state index contributed by atoms with van der Waals surface area (Å²) in [6.07, 6.45) is -0.475. The van der Waals surface area contributed by atoms with E-state index in [0.29, 0.717) is 46.0 Å². The Bertz CT molecular complexity index is 362. The molecule has 2 aliphatic heterocycles. The molecule has 2 atom stereocenters. The number of carbonyl (C=O) groups is 1. The molecule has 0 aromatic carbocycles. The molecule has 0 aliphatic carbocycles. The zero-order valence-corrected chi connectivity index (χ0v) is 11.7. The molecule has 2 heterocycles. The van der Waals surface area contributed by atoms with E-state index in [1.807, 2.05) is 6.92 Å². The molecule has 114 valence electrons. The van der Waals surface area contributed by atoms with Crippen molar-refractivity contribution in [3.05, 3.63) is 0 Å².